The van der Waals surface area contributed by atoms with Crippen LogP contribution in [0.25, 0.3) is 5.65 Å². The molecular formula is C21H25N7O2. The average molecular weight is 407 g/mol. The number of hydrogen-bond acceptors (Lipinski definition) is 6. The number of nitrogens with one attached hydrogen (secondary N) is 1. The minimum absolute atomic E-state index is 0.0369. The van der Waals surface area contributed by atoms with E-state index in [0.29, 0.717) is 11.2 Å². The van der Waals surface area contributed by atoms with Gasteiger partial charge >= 0.3 is 0 Å². The van der Waals surface area contributed by atoms with E-state index in [9.17, 15) is 9.59 Å². The summed E-state index contributed by atoms with van der Waals surface area (Å²) in [6.45, 7) is 2.67. The lowest BCUT2D eigenvalue weighted by Gasteiger charge is -2.15. The van der Waals surface area contributed by atoms with Gasteiger partial charge in [-0.25, -0.2) is 0 Å². The van der Waals surface area contributed by atoms with Crippen molar-refractivity contribution in [2.75, 3.05) is 33.7 Å². The zero-order valence-electron chi connectivity index (χ0n) is 17.2. The highest BCUT2D eigenvalue weighted by atomic mass is 16.2. The van der Waals surface area contributed by atoms with E-state index in [-0.39, 0.29) is 24.3 Å². The summed E-state index contributed by atoms with van der Waals surface area (Å²) in [6.07, 6.45) is 6.41. The third kappa shape index (κ3) is 4.30. The Labute approximate surface area is 174 Å². The number of aromatic nitrogens is 4. The molecule has 0 aromatic carbocycles. The zero-order valence-corrected chi connectivity index (χ0v) is 17.2. The smallest absolute Gasteiger partial charge is 0.253 e. The van der Waals surface area contributed by atoms with E-state index >= 15 is 0 Å². The van der Waals surface area contributed by atoms with Crippen molar-refractivity contribution in [1.82, 2.24) is 34.7 Å². The van der Waals surface area contributed by atoms with Gasteiger partial charge in [0.25, 0.3) is 5.91 Å². The monoisotopic (exact) mass is 407 g/mol. The summed E-state index contributed by atoms with van der Waals surface area (Å²) < 4.78 is 1.89. The van der Waals surface area contributed by atoms with Crippen LogP contribution in [-0.2, 0) is 11.3 Å². The molecule has 1 aliphatic rings. The third-order valence-electron chi connectivity index (χ3n) is 5.36. The minimum Gasteiger partial charge on any atom is -0.347 e. The second-order valence-electron chi connectivity index (χ2n) is 7.76. The number of fused-ring (bicyclic) bond motifs is 1. The number of nitrogens with zero attached hydrogens (tertiary/aromatic N) is 6. The Morgan fingerprint density at radius 2 is 2.10 bits per heavy atom. The van der Waals surface area contributed by atoms with E-state index in [1.807, 2.05) is 16.7 Å². The topological polar surface area (TPSA) is 95.7 Å². The third-order valence-corrected chi connectivity index (χ3v) is 5.36. The number of pyridine rings is 2. The number of carbonyl (C=O) groups excluding carboxylic acids is 2. The number of rotatable bonds is 6. The molecule has 2 amide bonds. The van der Waals surface area contributed by atoms with Crippen molar-refractivity contribution in [2.45, 2.75) is 18.9 Å². The molecule has 156 valence electrons. The fourth-order valence-corrected chi connectivity index (χ4v) is 3.67. The number of likely N-dealkylation sites (N-methyl/N-ethyl adjacent to an activating group) is 1. The predicted molar refractivity (Wildman–Crippen MR) is 111 cm³/mol. The summed E-state index contributed by atoms with van der Waals surface area (Å²) in [5.74, 6) is 0.647. The highest BCUT2D eigenvalue weighted by Gasteiger charge is 2.28. The summed E-state index contributed by atoms with van der Waals surface area (Å²) in [5.41, 5.74) is 2.37. The number of carbonyl (C=O) groups is 2. The first-order chi connectivity index (χ1) is 14.5. The molecular weight excluding hydrogens is 382 g/mol. The molecule has 30 heavy (non-hydrogen) atoms. The average Bonchev–Trinajstić information content (AvgIpc) is 3.38. The lowest BCUT2D eigenvalue weighted by Crippen LogP contribution is -2.36. The van der Waals surface area contributed by atoms with Gasteiger partial charge in [-0.15, -0.1) is 10.2 Å². The number of amides is 2. The Morgan fingerprint density at radius 1 is 1.23 bits per heavy atom. The molecule has 0 saturated carbocycles. The first-order valence-electron chi connectivity index (χ1n) is 9.95. The second kappa shape index (κ2) is 8.58. The quantitative estimate of drug-likeness (QED) is 0.653. The fourth-order valence-electron chi connectivity index (χ4n) is 3.67. The van der Waals surface area contributed by atoms with E-state index in [0.717, 1.165) is 31.9 Å². The Morgan fingerprint density at radius 3 is 2.87 bits per heavy atom. The van der Waals surface area contributed by atoms with Gasteiger partial charge in [-0.1, -0.05) is 6.07 Å². The van der Waals surface area contributed by atoms with Crippen LogP contribution in [0.15, 0.2) is 42.9 Å². The molecule has 0 bridgehead atoms. The zero-order chi connectivity index (χ0) is 21.1. The van der Waals surface area contributed by atoms with Crippen LogP contribution in [0.1, 0.15) is 34.1 Å². The molecule has 1 saturated heterocycles. The van der Waals surface area contributed by atoms with E-state index in [4.69, 9.17) is 0 Å². The van der Waals surface area contributed by atoms with E-state index < -0.39 is 0 Å². The molecule has 1 atom stereocenters. The van der Waals surface area contributed by atoms with E-state index in [2.05, 4.69) is 31.5 Å². The summed E-state index contributed by atoms with van der Waals surface area (Å²) >= 11 is 0. The van der Waals surface area contributed by atoms with Crippen molar-refractivity contribution >= 4 is 17.5 Å². The van der Waals surface area contributed by atoms with Crippen LogP contribution in [0.2, 0.25) is 0 Å². The molecule has 1 N–H and O–H groups in total. The molecule has 9 heteroatoms. The van der Waals surface area contributed by atoms with Gasteiger partial charge in [0.05, 0.1) is 12.1 Å². The Balaban J connectivity index is 1.47. The fraction of sp³-hybridized carbons (Fsp3) is 0.381. The second-order valence-corrected chi connectivity index (χ2v) is 7.76. The van der Waals surface area contributed by atoms with Crippen LogP contribution in [0.4, 0.5) is 0 Å². The number of hydrogen-bond donors (Lipinski definition) is 1. The SMILES string of the molecule is CN(C)C(=O)CNC(=O)c1ccc2nnc(C3CCN(Cc4cccnc4)C3)n2c1. The molecule has 0 spiro atoms. The molecule has 1 unspecified atom stereocenters. The van der Waals surface area contributed by atoms with Crippen molar-refractivity contribution in [3.63, 3.8) is 0 Å². The first kappa shape index (κ1) is 20.0. The highest BCUT2D eigenvalue weighted by Crippen LogP contribution is 2.27. The van der Waals surface area contributed by atoms with Crippen molar-refractivity contribution in [3.8, 4) is 0 Å². The van der Waals surface area contributed by atoms with Gasteiger partial charge < -0.3 is 10.2 Å². The molecule has 3 aromatic rings. The lowest BCUT2D eigenvalue weighted by atomic mass is 10.1. The summed E-state index contributed by atoms with van der Waals surface area (Å²) in [4.78, 5) is 32.2. The molecule has 1 aliphatic heterocycles. The maximum absolute atomic E-state index is 12.5. The van der Waals surface area contributed by atoms with Crippen LogP contribution in [0.5, 0.6) is 0 Å². The first-order valence-corrected chi connectivity index (χ1v) is 9.95. The molecule has 0 radical (unpaired) electrons. The van der Waals surface area contributed by atoms with Gasteiger partial charge in [-0.3, -0.25) is 23.9 Å². The van der Waals surface area contributed by atoms with Crippen molar-refractivity contribution in [3.05, 3.63) is 59.8 Å². The largest absolute Gasteiger partial charge is 0.347 e. The maximum Gasteiger partial charge on any atom is 0.253 e. The van der Waals surface area contributed by atoms with Gasteiger partial charge in [-0.05, 0) is 36.7 Å². The Hall–Kier alpha value is -3.33. The molecule has 4 heterocycles. The van der Waals surface area contributed by atoms with Crippen LogP contribution in [-0.4, -0.2) is 74.9 Å². The molecule has 9 nitrogen and oxygen atoms in total. The van der Waals surface area contributed by atoms with Crippen molar-refractivity contribution in [2.24, 2.45) is 0 Å². The molecule has 4 rings (SSSR count). The maximum atomic E-state index is 12.5. The molecule has 0 aliphatic carbocycles. The lowest BCUT2D eigenvalue weighted by molar-refractivity contribution is -0.127. The van der Waals surface area contributed by atoms with Gasteiger partial charge in [0.15, 0.2) is 5.65 Å². The van der Waals surface area contributed by atoms with E-state index in [1.165, 1.54) is 10.5 Å². The van der Waals surface area contributed by atoms with Crippen molar-refractivity contribution < 1.29 is 9.59 Å². The van der Waals surface area contributed by atoms with Gasteiger partial charge in [0, 0.05) is 51.7 Å². The normalized spacial score (nSPS) is 16.7. The predicted octanol–water partition coefficient (Wildman–Crippen LogP) is 0.932. The van der Waals surface area contributed by atoms with Crippen LogP contribution in [0, 0.1) is 0 Å². The Bertz CT molecular complexity index is 1050. The summed E-state index contributed by atoms with van der Waals surface area (Å²) in [5, 5.41) is 11.3. The molecule has 3 aromatic heterocycles. The van der Waals surface area contributed by atoms with Gasteiger partial charge in [0.1, 0.15) is 5.82 Å². The minimum atomic E-state index is -0.295. The van der Waals surface area contributed by atoms with Crippen LogP contribution < -0.4 is 5.32 Å². The van der Waals surface area contributed by atoms with Gasteiger partial charge in [0.2, 0.25) is 5.91 Å². The van der Waals surface area contributed by atoms with Crippen LogP contribution in [0.3, 0.4) is 0 Å². The summed E-state index contributed by atoms with van der Waals surface area (Å²) in [6, 6.07) is 7.51. The van der Waals surface area contributed by atoms with Crippen molar-refractivity contribution in [1.29, 1.82) is 0 Å². The Kier molecular flexibility index (Phi) is 5.71. The standard InChI is InChI=1S/C21H25N7O2/c1-26(2)19(29)11-23-21(30)17-5-6-18-24-25-20(28(18)14-17)16-7-9-27(13-16)12-15-4-3-8-22-10-15/h3-6,8,10,14,16H,7,9,11-13H2,1-2H3,(H,23,30). The highest BCUT2D eigenvalue weighted by molar-refractivity contribution is 5.96. The summed E-state index contributed by atoms with van der Waals surface area (Å²) in [7, 11) is 3.31. The van der Waals surface area contributed by atoms with Gasteiger partial charge in [-0.2, -0.15) is 0 Å². The number of likely N-dealkylation sites (tertiary alicyclic amines) is 1. The van der Waals surface area contributed by atoms with E-state index in [1.54, 1.807) is 38.6 Å². The van der Waals surface area contributed by atoms with Crippen LogP contribution >= 0.6 is 0 Å². The molecule has 1 fully saturated rings.